The average Bonchev–Trinajstić information content (AvgIpc) is 2.53. The van der Waals surface area contributed by atoms with Gasteiger partial charge in [-0.05, 0) is 27.7 Å². The molecule has 0 spiro atoms. The van der Waals surface area contributed by atoms with Crippen molar-refractivity contribution in [2.24, 2.45) is 0 Å². The van der Waals surface area contributed by atoms with Crippen LogP contribution in [0.3, 0.4) is 0 Å². The van der Waals surface area contributed by atoms with Crippen molar-refractivity contribution >= 4 is 22.3 Å². The Hall–Kier alpha value is -1.61. The number of methoxy groups -OCH3 is 1. The largest absolute Gasteiger partial charge is 0.468 e. The Morgan fingerprint density at radius 3 is 2.23 bits per heavy atom. The molecule has 0 N–H and O–H groups in total. The summed E-state index contributed by atoms with van der Waals surface area (Å²) in [6.07, 6.45) is 2.12. The van der Waals surface area contributed by atoms with E-state index in [1.807, 2.05) is 0 Å². The first-order chi connectivity index (χ1) is 10.0. The monoisotopic (exact) mass is 334 g/mol. The number of hydrogen-bond acceptors (Lipinski definition) is 6. The molecule has 0 aliphatic carbocycles. The van der Waals surface area contributed by atoms with Crippen molar-refractivity contribution in [3.05, 3.63) is 12.2 Å². The molecule has 0 bridgehead atoms. The predicted molar refractivity (Wildman–Crippen MR) is 79.2 cm³/mol. The molecule has 1 heterocycles. The van der Waals surface area contributed by atoms with Gasteiger partial charge in [0.15, 0.2) is 0 Å². The van der Waals surface area contributed by atoms with Crippen LogP contribution in [0.1, 0.15) is 27.7 Å². The Morgan fingerprint density at radius 1 is 1.18 bits per heavy atom. The Bertz CT molecular complexity index is 564. The van der Waals surface area contributed by atoms with E-state index in [9.17, 15) is 18.0 Å². The SMILES string of the molecule is COC(=O)[C@H](C)N1CC=CCN(C(=O)OC(C)(C)C)S1(=O)=O. The highest BCUT2D eigenvalue weighted by molar-refractivity contribution is 7.87. The summed E-state index contributed by atoms with van der Waals surface area (Å²) in [6, 6.07) is -1.05. The fourth-order valence-electron chi connectivity index (χ4n) is 1.79. The zero-order valence-corrected chi connectivity index (χ0v) is 14.2. The molecule has 0 radical (unpaired) electrons. The summed E-state index contributed by atoms with van der Waals surface area (Å²) in [4.78, 5) is 23.8. The molecule has 1 amide bonds. The third-order valence-corrected chi connectivity index (χ3v) is 4.78. The number of hydrogen-bond donors (Lipinski definition) is 0. The van der Waals surface area contributed by atoms with Crippen LogP contribution >= 0.6 is 0 Å². The molecule has 0 fully saturated rings. The summed E-state index contributed by atoms with van der Waals surface area (Å²) in [5, 5.41) is 0. The Labute approximate surface area is 130 Å². The molecule has 0 saturated carbocycles. The molecular weight excluding hydrogens is 312 g/mol. The summed E-state index contributed by atoms with van der Waals surface area (Å²) in [5.74, 6) is -0.706. The molecule has 9 heteroatoms. The van der Waals surface area contributed by atoms with Gasteiger partial charge in [-0.25, -0.2) is 4.79 Å². The van der Waals surface area contributed by atoms with Gasteiger partial charge in [0, 0.05) is 6.54 Å². The minimum Gasteiger partial charge on any atom is -0.468 e. The van der Waals surface area contributed by atoms with E-state index in [1.54, 1.807) is 26.8 Å². The lowest BCUT2D eigenvalue weighted by molar-refractivity contribution is -0.144. The number of amides is 1. The normalized spacial score (nSPS) is 20.1. The summed E-state index contributed by atoms with van der Waals surface area (Å²) in [6.45, 7) is 6.13. The molecule has 8 nitrogen and oxygen atoms in total. The van der Waals surface area contributed by atoms with Gasteiger partial charge in [0.1, 0.15) is 11.6 Å². The fourth-order valence-corrected chi connectivity index (χ4v) is 3.30. The van der Waals surface area contributed by atoms with Crippen molar-refractivity contribution in [2.75, 3.05) is 20.2 Å². The number of esters is 1. The van der Waals surface area contributed by atoms with Gasteiger partial charge in [0.05, 0.1) is 13.7 Å². The van der Waals surface area contributed by atoms with Crippen molar-refractivity contribution in [3.8, 4) is 0 Å². The first-order valence-electron chi connectivity index (χ1n) is 6.76. The van der Waals surface area contributed by atoms with Crippen LogP contribution in [0, 0.1) is 0 Å². The number of ether oxygens (including phenoxy) is 2. The van der Waals surface area contributed by atoms with Gasteiger partial charge >= 0.3 is 22.3 Å². The third kappa shape index (κ3) is 4.20. The average molecular weight is 334 g/mol. The Balaban J connectivity index is 3.12. The molecule has 0 aromatic heterocycles. The van der Waals surface area contributed by atoms with Gasteiger partial charge in [-0.3, -0.25) is 4.79 Å². The summed E-state index contributed by atoms with van der Waals surface area (Å²) >= 11 is 0. The van der Waals surface area contributed by atoms with E-state index in [0.717, 1.165) is 4.31 Å². The quantitative estimate of drug-likeness (QED) is 0.550. The molecule has 1 rings (SSSR count). The van der Waals surface area contributed by atoms with Gasteiger partial charge in [0.25, 0.3) is 0 Å². The molecule has 0 unspecified atom stereocenters. The highest BCUT2D eigenvalue weighted by atomic mass is 32.2. The lowest BCUT2D eigenvalue weighted by Crippen LogP contribution is -2.52. The van der Waals surface area contributed by atoms with Crippen LogP contribution in [0.15, 0.2) is 12.2 Å². The zero-order chi connectivity index (χ0) is 17.1. The number of carbonyl (C=O) groups is 2. The molecule has 1 aliphatic rings. The maximum atomic E-state index is 12.6. The smallest absolute Gasteiger partial charge is 0.425 e. The topological polar surface area (TPSA) is 93.2 Å². The highest BCUT2D eigenvalue weighted by Gasteiger charge is 2.40. The zero-order valence-electron chi connectivity index (χ0n) is 13.4. The molecule has 126 valence electrons. The standard InChI is InChI=1S/C13H22N2O6S/c1-10(11(16)20-5)14-8-6-7-9-15(22(14,18)19)12(17)21-13(2,3)4/h6-7,10H,8-9H2,1-5H3/t10-/m0/s1. The molecule has 0 saturated heterocycles. The summed E-state index contributed by atoms with van der Waals surface area (Å²) in [5.41, 5.74) is -0.832. The lowest BCUT2D eigenvalue weighted by Gasteiger charge is -2.31. The van der Waals surface area contributed by atoms with Crippen LogP contribution in [-0.4, -0.2) is 60.9 Å². The number of carbonyl (C=O) groups excluding carboxylic acids is 2. The van der Waals surface area contributed by atoms with Crippen molar-refractivity contribution in [1.82, 2.24) is 8.61 Å². The Kier molecular flexibility index (Phi) is 5.58. The first-order valence-corrected chi connectivity index (χ1v) is 8.15. The third-order valence-electron chi connectivity index (χ3n) is 2.87. The minimum atomic E-state index is -4.20. The van der Waals surface area contributed by atoms with E-state index < -0.39 is 33.9 Å². The van der Waals surface area contributed by atoms with E-state index in [1.165, 1.54) is 20.1 Å². The minimum absolute atomic E-state index is 0.0299. The van der Waals surface area contributed by atoms with Gasteiger partial charge < -0.3 is 9.47 Å². The van der Waals surface area contributed by atoms with Crippen molar-refractivity contribution in [3.63, 3.8) is 0 Å². The maximum absolute atomic E-state index is 12.6. The second-order valence-electron chi connectivity index (χ2n) is 5.76. The maximum Gasteiger partial charge on any atom is 0.425 e. The van der Waals surface area contributed by atoms with Crippen molar-refractivity contribution in [1.29, 1.82) is 0 Å². The van der Waals surface area contributed by atoms with Crippen LogP contribution in [0.4, 0.5) is 4.79 Å². The van der Waals surface area contributed by atoms with E-state index in [2.05, 4.69) is 4.74 Å². The van der Waals surface area contributed by atoms with Gasteiger partial charge in [0.2, 0.25) is 0 Å². The first kappa shape index (κ1) is 18.4. The van der Waals surface area contributed by atoms with Crippen LogP contribution in [-0.2, 0) is 24.5 Å². The van der Waals surface area contributed by atoms with Crippen LogP contribution < -0.4 is 0 Å². The fraction of sp³-hybridized carbons (Fsp3) is 0.692. The number of rotatable bonds is 2. The number of nitrogens with zero attached hydrogens (tertiary/aromatic N) is 2. The summed E-state index contributed by atoms with van der Waals surface area (Å²) < 4.78 is 36.4. The molecule has 1 aliphatic heterocycles. The van der Waals surface area contributed by atoms with Gasteiger partial charge in [-0.2, -0.15) is 17.0 Å². The van der Waals surface area contributed by atoms with Crippen molar-refractivity contribution < 1.29 is 27.5 Å². The van der Waals surface area contributed by atoms with Gasteiger partial charge in [-0.15, -0.1) is 0 Å². The van der Waals surface area contributed by atoms with Crippen molar-refractivity contribution in [2.45, 2.75) is 39.3 Å². The molecular formula is C13H22N2O6S. The highest BCUT2D eigenvalue weighted by Crippen LogP contribution is 2.20. The molecule has 22 heavy (non-hydrogen) atoms. The van der Waals surface area contributed by atoms with Gasteiger partial charge in [-0.1, -0.05) is 12.2 Å². The van der Waals surface area contributed by atoms with Crippen LogP contribution in [0.2, 0.25) is 0 Å². The Morgan fingerprint density at radius 2 is 1.73 bits per heavy atom. The second kappa shape index (κ2) is 6.66. The lowest BCUT2D eigenvalue weighted by atomic mass is 10.2. The second-order valence-corrected chi connectivity index (χ2v) is 7.56. The molecule has 1 atom stereocenters. The van der Waals surface area contributed by atoms with Crippen LogP contribution in [0.5, 0.6) is 0 Å². The molecule has 0 aromatic carbocycles. The van der Waals surface area contributed by atoms with E-state index in [-0.39, 0.29) is 13.1 Å². The summed E-state index contributed by atoms with van der Waals surface area (Å²) in [7, 11) is -3.03. The van der Waals surface area contributed by atoms with E-state index >= 15 is 0 Å². The van der Waals surface area contributed by atoms with Crippen LogP contribution in [0.25, 0.3) is 0 Å². The van der Waals surface area contributed by atoms with E-state index in [4.69, 9.17) is 4.74 Å². The predicted octanol–water partition coefficient (Wildman–Crippen LogP) is 0.902. The van der Waals surface area contributed by atoms with E-state index in [0.29, 0.717) is 4.31 Å². The molecule has 0 aromatic rings.